The van der Waals surface area contributed by atoms with E-state index in [4.69, 9.17) is 0 Å². The standard InChI is InChI=1S/C12H16N2O3S.C11H14N2O4S.2CH4/c1-9-7-8-14(12(9)15)10-3-5-11(6-4-10)18(16,17)13-2;1-12-18(16,17)9-4-2-8(3-5-9)13-7-6-10(14)11(13)15;;/h3-6,9,13H,7-8H2,1-2H3;2-5,10,12,14H,6-7H2,1H3;2*1H4. The second kappa shape index (κ2) is 13.3. The van der Waals surface area contributed by atoms with Crippen LogP contribution in [0.3, 0.4) is 0 Å². The fraction of sp³-hybridized carbons (Fsp3) is 0.440. The summed E-state index contributed by atoms with van der Waals surface area (Å²) in [6, 6.07) is 12.3. The molecule has 2 atom stereocenters. The van der Waals surface area contributed by atoms with E-state index in [9.17, 15) is 31.5 Å². The van der Waals surface area contributed by atoms with E-state index in [1.807, 2.05) is 6.92 Å². The third kappa shape index (κ3) is 7.17. The van der Waals surface area contributed by atoms with E-state index in [0.717, 1.165) is 12.1 Å². The van der Waals surface area contributed by atoms with Crippen LogP contribution in [0.1, 0.15) is 34.6 Å². The zero-order valence-electron chi connectivity index (χ0n) is 20.2. The fourth-order valence-corrected chi connectivity index (χ4v) is 5.31. The SMILES string of the molecule is C.C.CNS(=O)(=O)c1ccc(N2CCC(C)C2=O)cc1.CNS(=O)(=O)c1ccc(N2CCC(O)C2=O)cc1. The van der Waals surface area contributed by atoms with E-state index < -0.39 is 26.2 Å². The summed E-state index contributed by atoms with van der Waals surface area (Å²) in [6.45, 7) is 3.04. The predicted octanol–water partition coefficient (Wildman–Crippen LogP) is 1.93. The van der Waals surface area contributed by atoms with Crippen LogP contribution in [0.4, 0.5) is 11.4 Å². The molecule has 0 bridgehead atoms. The van der Waals surface area contributed by atoms with E-state index in [1.165, 1.54) is 43.3 Å². The molecule has 11 nitrogen and oxygen atoms in total. The van der Waals surface area contributed by atoms with Gasteiger partial charge in [0.15, 0.2) is 0 Å². The Labute approximate surface area is 225 Å². The lowest BCUT2D eigenvalue weighted by molar-refractivity contribution is -0.124. The van der Waals surface area contributed by atoms with Crippen LogP contribution in [-0.4, -0.2) is 67.0 Å². The summed E-state index contributed by atoms with van der Waals surface area (Å²) in [6.07, 6.45) is 0.288. The first-order chi connectivity index (χ1) is 16.9. The molecule has 38 heavy (non-hydrogen) atoms. The van der Waals surface area contributed by atoms with Crippen LogP contribution in [0.2, 0.25) is 0 Å². The fourth-order valence-electron chi connectivity index (χ4n) is 3.85. The van der Waals surface area contributed by atoms with Crippen molar-refractivity contribution in [3.8, 4) is 0 Å². The number of aliphatic hydroxyl groups excluding tert-OH is 1. The second-order valence-corrected chi connectivity index (χ2v) is 12.1. The van der Waals surface area contributed by atoms with Crippen LogP contribution in [0.15, 0.2) is 58.3 Å². The third-order valence-electron chi connectivity index (χ3n) is 6.11. The minimum atomic E-state index is -3.47. The number of nitrogens with zero attached hydrogens (tertiary/aromatic N) is 2. The molecule has 3 N–H and O–H groups in total. The molecule has 2 fully saturated rings. The van der Waals surface area contributed by atoms with Crippen molar-refractivity contribution in [2.45, 2.75) is 50.5 Å². The van der Waals surface area contributed by atoms with Crippen LogP contribution in [0, 0.1) is 5.92 Å². The summed E-state index contributed by atoms with van der Waals surface area (Å²) in [4.78, 5) is 26.9. The summed E-state index contributed by atoms with van der Waals surface area (Å²) in [5.41, 5.74) is 1.34. The maximum absolute atomic E-state index is 11.8. The highest BCUT2D eigenvalue weighted by molar-refractivity contribution is 7.89. The van der Waals surface area contributed by atoms with Gasteiger partial charge in [-0.15, -0.1) is 0 Å². The summed E-state index contributed by atoms with van der Waals surface area (Å²) in [5.74, 6) is -0.204. The molecule has 0 spiro atoms. The summed E-state index contributed by atoms with van der Waals surface area (Å²) in [5, 5.41) is 9.35. The molecule has 2 saturated heterocycles. The van der Waals surface area contributed by atoms with Gasteiger partial charge in [0.05, 0.1) is 9.79 Å². The maximum Gasteiger partial charge on any atom is 0.255 e. The number of rotatable bonds is 6. The number of carbonyl (C=O) groups excluding carboxylic acids is 2. The van der Waals surface area contributed by atoms with Gasteiger partial charge in [-0.05, 0) is 69.0 Å². The summed E-state index contributed by atoms with van der Waals surface area (Å²) in [7, 11) is -4.17. The highest BCUT2D eigenvalue weighted by Gasteiger charge is 2.31. The number of aliphatic hydroxyl groups is 1. The van der Waals surface area contributed by atoms with Crippen molar-refractivity contribution >= 4 is 43.2 Å². The third-order valence-corrected chi connectivity index (χ3v) is 8.97. The Morgan fingerprint density at radius 2 is 1.08 bits per heavy atom. The van der Waals surface area contributed by atoms with Crippen molar-refractivity contribution < 1.29 is 31.5 Å². The van der Waals surface area contributed by atoms with E-state index >= 15 is 0 Å². The number of amides is 2. The Morgan fingerprint density at radius 1 is 0.711 bits per heavy atom. The zero-order chi connectivity index (χ0) is 26.7. The van der Waals surface area contributed by atoms with E-state index in [0.29, 0.717) is 25.2 Å². The van der Waals surface area contributed by atoms with Crippen LogP contribution >= 0.6 is 0 Å². The highest BCUT2D eigenvalue weighted by atomic mass is 32.2. The van der Waals surface area contributed by atoms with Gasteiger partial charge in [-0.3, -0.25) is 9.59 Å². The number of carbonyl (C=O) groups is 2. The van der Waals surface area contributed by atoms with Gasteiger partial charge in [-0.2, -0.15) is 0 Å². The van der Waals surface area contributed by atoms with Gasteiger partial charge < -0.3 is 14.9 Å². The molecule has 2 aliphatic heterocycles. The van der Waals surface area contributed by atoms with Gasteiger partial charge in [0.2, 0.25) is 26.0 Å². The van der Waals surface area contributed by atoms with Gasteiger partial charge >= 0.3 is 0 Å². The Hall–Kier alpha value is -2.84. The minimum Gasteiger partial charge on any atom is -0.383 e. The van der Waals surface area contributed by atoms with Gasteiger partial charge in [0.1, 0.15) is 6.10 Å². The van der Waals surface area contributed by atoms with E-state index in [2.05, 4.69) is 9.44 Å². The molecule has 0 aliphatic carbocycles. The molecule has 0 aromatic heterocycles. The highest BCUT2D eigenvalue weighted by Crippen LogP contribution is 2.26. The molecule has 0 saturated carbocycles. The molecule has 0 radical (unpaired) electrons. The Bertz CT molecular complexity index is 1210. The van der Waals surface area contributed by atoms with Crippen LogP contribution in [-0.2, 0) is 29.6 Å². The molecule has 2 aromatic rings. The van der Waals surface area contributed by atoms with Gasteiger partial charge in [0, 0.05) is 36.8 Å². The predicted molar refractivity (Wildman–Crippen MR) is 148 cm³/mol. The maximum atomic E-state index is 11.8. The number of hydrogen-bond acceptors (Lipinski definition) is 7. The quantitative estimate of drug-likeness (QED) is 0.480. The normalized spacial score (nSPS) is 19.4. The van der Waals surface area contributed by atoms with E-state index in [-0.39, 0.29) is 42.4 Å². The Kier molecular flexibility index (Phi) is 11.6. The molecular formula is C25H38N4O7S2. The van der Waals surface area contributed by atoms with Crippen molar-refractivity contribution in [1.29, 1.82) is 0 Å². The lowest BCUT2D eigenvalue weighted by Gasteiger charge is -2.16. The second-order valence-electron chi connectivity index (χ2n) is 8.38. The topological polar surface area (TPSA) is 153 Å². The summed E-state index contributed by atoms with van der Waals surface area (Å²) < 4.78 is 50.6. The Morgan fingerprint density at radius 3 is 1.37 bits per heavy atom. The van der Waals surface area contributed by atoms with Crippen molar-refractivity contribution in [3.05, 3.63) is 48.5 Å². The smallest absolute Gasteiger partial charge is 0.255 e. The molecule has 13 heteroatoms. The number of anilines is 2. The average molecular weight is 571 g/mol. The van der Waals surface area contributed by atoms with Crippen LogP contribution in [0.25, 0.3) is 0 Å². The molecule has 4 rings (SSSR count). The van der Waals surface area contributed by atoms with Crippen molar-refractivity contribution in [3.63, 3.8) is 0 Å². The van der Waals surface area contributed by atoms with Crippen LogP contribution < -0.4 is 19.2 Å². The van der Waals surface area contributed by atoms with Gasteiger partial charge in [-0.25, -0.2) is 26.3 Å². The largest absolute Gasteiger partial charge is 0.383 e. The monoisotopic (exact) mass is 570 g/mol. The molecule has 2 unspecified atom stereocenters. The van der Waals surface area contributed by atoms with Gasteiger partial charge in [0.25, 0.3) is 5.91 Å². The molecule has 2 amide bonds. The van der Waals surface area contributed by atoms with Crippen LogP contribution in [0.5, 0.6) is 0 Å². The number of hydrogen-bond donors (Lipinski definition) is 3. The molecule has 2 heterocycles. The molecular weight excluding hydrogens is 532 g/mol. The van der Waals surface area contributed by atoms with Crippen molar-refractivity contribution in [2.75, 3.05) is 37.0 Å². The molecule has 2 aromatic carbocycles. The number of benzene rings is 2. The average Bonchev–Trinajstić information content (AvgIpc) is 3.40. The minimum absolute atomic E-state index is 0. The van der Waals surface area contributed by atoms with Crippen molar-refractivity contribution in [1.82, 2.24) is 9.44 Å². The first-order valence-electron chi connectivity index (χ1n) is 11.3. The lowest BCUT2D eigenvalue weighted by Crippen LogP contribution is -2.29. The molecule has 212 valence electrons. The van der Waals surface area contributed by atoms with E-state index in [1.54, 1.807) is 29.2 Å². The molecule has 2 aliphatic rings. The zero-order valence-corrected chi connectivity index (χ0v) is 21.8. The van der Waals surface area contributed by atoms with Gasteiger partial charge in [-0.1, -0.05) is 21.8 Å². The Balaban J connectivity index is 0.000000361. The van der Waals surface area contributed by atoms with Crippen molar-refractivity contribution in [2.24, 2.45) is 5.92 Å². The summed E-state index contributed by atoms with van der Waals surface area (Å²) >= 11 is 0. The first-order valence-corrected chi connectivity index (χ1v) is 14.3. The lowest BCUT2D eigenvalue weighted by atomic mass is 10.1. The first kappa shape index (κ1) is 33.2. The number of sulfonamides is 2. The number of nitrogens with one attached hydrogen (secondary N) is 2.